The number of para-hydroxylation sites is 1. The molecular weight excluding hydrogens is 418 g/mol. The molecule has 0 spiro atoms. The Kier molecular flexibility index (Phi) is 6.17. The van der Waals surface area contributed by atoms with E-state index in [2.05, 4.69) is 61.4 Å². The van der Waals surface area contributed by atoms with Crippen LogP contribution in [-0.2, 0) is 10.2 Å². The van der Waals surface area contributed by atoms with E-state index in [0.717, 1.165) is 42.7 Å². The summed E-state index contributed by atoms with van der Waals surface area (Å²) in [5.41, 5.74) is 2.47. The van der Waals surface area contributed by atoms with E-state index >= 15 is 0 Å². The molecule has 0 bridgehead atoms. The number of aromatic nitrogens is 3. The summed E-state index contributed by atoms with van der Waals surface area (Å²) >= 11 is 1.45. The molecular formula is C25H29N5OS. The molecule has 0 unspecified atom stereocenters. The number of thioether (sulfide) groups is 1. The summed E-state index contributed by atoms with van der Waals surface area (Å²) in [6.07, 6.45) is 5.88. The largest absolute Gasteiger partial charge is 0.354 e. The lowest BCUT2D eigenvalue weighted by Gasteiger charge is -2.27. The van der Waals surface area contributed by atoms with Crippen LogP contribution in [0.1, 0.15) is 37.7 Å². The van der Waals surface area contributed by atoms with Crippen LogP contribution in [-0.4, -0.2) is 46.1 Å². The monoisotopic (exact) mass is 447 g/mol. The van der Waals surface area contributed by atoms with Crippen LogP contribution in [0, 0.1) is 0 Å². The number of carbonyl (C=O) groups is 1. The fourth-order valence-corrected chi connectivity index (χ4v) is 5.19. The minimum atomic E-state index is 0.0411. The number of nitrogens with one attached hydrogen (secondary N) is 1. The Balaban J connectivity index is 1.26. The molecule has 1 aromatic heterocycles. The first-order valence-corrected chi connectivity index (χ1v) is 12.4. The number of nitrogens with zero attached hydrogens (tertiary/aromatic N) is 4. The van der Waals surface area contributed by atoms with Gasteiger partial charge in [-0.05, 0) is 49.8 Å². The lowest BCUT2D eigenvalue weighted by Crippen LogP contribution is -2.33. The van der Waals surface area contributed by atoms with Crippen molar-refractivity contribution in [1.29, 1.82) is 0 Å². The van der Waals surface area contributed by atoms with E-state index < -0.39 is 0 Å². The molecule has 7 heteroatoms. The molecule has 2 aromatic carbocycles. The van der Waals surface area contributed by atoms with Gasteiger partial charge in [-0.2, -0.15) is 0 Å². The van der Waals surface area contributed by atoms with Gasteiger partial charge in [-0.25, -0.2) is 0 Å². The summed E-state index contributed by atoms with van der Waals surface area (Å²) in [6, 6.07) is 20.7. The van der Waals surface area contributed by atoms with Crippen LogP contribution in [0.2, 0.25) is 0 Å². The first kappa shape index (κ1) is 21.1. The van der Waals surface area contributed by atoms with E-state index in [1.54, 1.807) is 0 Å². The Labute approximate surface area is 193 Å². The zero-order valence-electron chi connectivity index (χ0n) is 18.2. The molecule has 5 rings (SSSR count). The van der Waals surface area contributed by atoms with Crippen molar-refractivity contribution in [3.05, 3.63) is 66.2 Å². The molecule has 2 fully saturated rings. The topological polar surface area (TPSA) is 63.1 Å². The molecule has 1 saturated heterocycles. The van der Waals surface area contributed by atoms with Gasteiger partial charge in [-0.1, -0.05) is 60.3 Å². The predicted octanol–water partition coefficient (Wildman–Crippen LogP) is 4.20. The van der Waals surface area contributed by atoms with Crippen LogP contribution in [0.25, 0.3) is 5.69 Å². The van der Waals surface area contributed by atoms with Crippen LogP contribution in [0.15, 0.2) is 65.8 Å². The Morgan fingerprint density at radius 3 is 2.31 bits per heavy atom. The molecule has 1 saturated carbocycles. The zero-order valence-corrected chi connectivity index (χ0v) is 19.1. The van der Waals surface area contributed by atoms with Gasteiger partial charge in [0.25, 0.3) is 0 Å². The molecule has 1 aliphatic heterocycles. The lowest BCUT2D eigenvalue weighted by atomic mass is 9.96. The molecule has 32 heavy (non-hydrogen) atoms. The van der Waals surface area contributed by atoms with Crippen LogP contribution in [0.4, 0.5) is 5.95 Å². The molecule has 166 valence electrons. The van der Waals surface area contributed by atoms with Gasteiger partial charge < -0.3 is 10.2 Å². The zero-order chi connectivity index (χ0) is 21.8. The SMILES string of the molecule is O=C(CSc1nnc(N2CCCCC2)n1-c1ccccc1)NCC1(c2ccccc2)CC1. The summed E-state index contributed by atoms with van der Waals surface area (Å²) in [5.74, 6) is 1.25. The summed E-state index contributed by atoms with van der Waals surface area (Å²) in [7, 11) is 0. The fraction of sp³-hybridized carbons (Fsp3) is 0.400. The number of benzene rings is 2. The van der Waals surface area contributed by atoms with E-state index in [4.69, 9.17) is 0 Å². The van der Waals surface area contributed by atoms with Gasteiger partial charge in [0.15, 0.2) is 5.16 Å². The lowest BCUT2D eigenvalue weighted by molar-refractivity contribution is -0.118. The Bertz CT molecular complexity index is 1040. The van der Waals surface area contributed by atoms with Crippen molar-refractivity contribution in [3.63, 3.8) is 0 Å². The second-order valence-corrected chi connectivity index (χ2v) is 9.66. The third-order valence-corrected chi connectivity index (χ3v) is 7.39. The first-order chi connectivity index (χ1) is 15.8. The second kappa shape index (κ2) is 9.36. The number of amides is 1. The molecule has 0 atom stereocenters. The van der Waals surface area contributed by atoms with Crippen molar-refractivity contribution < 1.29 is 4.79 Å². The first-order valence-electron chi connectivity index (χ1n) is 11.5. The van der Waals surface area contributed by atoms with Crippen molar-refractivity contribution >= 4 is 23.6 Å². The number of piperidine rings is 1. The second-order valence-electron chi connectivity index (χ2n) is 8.71. The highest BCUT2D eigenvalue weighted by Crippen LogP contribution is 2.47. The van der Waals surface area contributed by atoms with Gasteiger partial charge in [-0.3, -0.25) is 9.36 Å². The summed E-state index contributed by atoms with van der Waals surface area (Å²) < 4.78 is 2.09. The maximum absolute atomic E-state index is 12.7. The highest BCUT2D eigenvalue weighted by Gasteiger charge is 2.44. The van der Waals surface area contributed by atoms with E-state index in [9.17, 15) is 4.79 Å². The molecule has 1 amide bonds. The molecule has 1 aliphatic carbocycles. The van der Waals surface area contributed by atoms with Gasteiger partial charge in [-0.15, -0.1) is 10.2 Å². The predicted molar refractivity (Wildman–Crippen MR) is 129 cm³/mol. The van der Waals surface area contributed by atoms with Gasteiger partial charge in [0, 0.05) is 25.0 Å². The van der Waals surface area contributed by atoms with Crippen LogP contribution < -0.4 is 10.2 Å². The standard InChI is InChI=1S/C25H29N5OS/c31-22(26-19-25(14-15-25)20-10-4-1-5-11-20)18-32-24-28-27-23(29-16-8-3-9-17-29)30(24)21-12-6-2-7-13-21/h1-2,4-7,10-13H,3,8-9,14-19H2,(H,26,31). The van der Waals surface area contributed by atoms with Crippen LogP contribution in [0.3, 0.4) is 0 Å². The summed E-state index contributed by atoms with van der Waals surface area (Å²) in [6.45, 7) is 2.69. The number of hydrogen-bond acceptors (Lipinski definition) is 5. The normalized spacial score (nSPS) is 17.2. The van der Waals surface area contributed by atoms with Gasteiger partial charge >= 0.3 is 0 Å². The molecule has 2 aliphatic rings. The van der Waals surface area contributed by atoms with Gasteiger partial charge in [0.2, 0.25) is 11.9 Å². The van der Waals surface area contributed by atoms with Crippen molar-refractivity contribution in [3.8, 4) is 5.69 Å². The minimum absolute atomic E-state index is 0.0411. The van der Waals surface area contributed by atoms with E-state index in [1.165, 1.54) is 36.6 Å². The van der Waals surface area contributed by atoms with E-state index in [1.807, 2.05) is 24.3 Å². The minimum Gasteiger partial charge on any atom is -0.354 e. The highest BCUT2D eigenvalue weighted by molar-refractivity contribution is 7.99. The molecule has 0 radical (unpaired) electrons. The van der Waals surface area contributed by atoms with Crippen molar-refractivity contribution in [2.45, 2.75) is 42.7 Å². The maximum Gasteiger partial charge on any atom is 0.232 e. The van der Waals surface area contributed by atoms with Crippen molar-refractivity contribution in [2.24, 2.45) is 0 Å². The summed E-state index contributed by atoms with van der Waals surface area (Å²) in [5, 5.41) is 12.9. The smallest absolute Gasteiger partial charge is 0.232 e. The highest BCUT2D eigenvalue weighted by atomic mass is 32.2. The maximum atomic E-state index is 12.7. The van der Waals surface area contributed by atoms with Crippen LogP contribution >= 0.6 is 11.8 Å². The summed E-state index contributed by atoms with van der Waals surface area (Å²) in [4.78, 5) is 15.0. The number of carbonyl (C=O) groups excluding carboxylic acids is 1. The molecule has 2 heterocycles. The van der Waals surface area contributed by atoms with Gasteiger partial charge in [0.1, 0.15) is 0 Å². The number of anilines is 1. The Morgan fingerprint density at radius 1 is 0.938 bits per heavy atom. The van der Waals surface area contributed by atoms with Crippen molar-refractivity contribution in [1.82, 2.24) is 20.1 Å². The third kappa shape index (κ3) is 4.53. The third-order valence-electron chi connectivity index (χ3n) is 6.47. The van der Waals surface area contributed by atoms with E-state index in [-0.39, 0.29) is 11.3 Å². The molecule has 3 aromatic rings. The average molecular weight is 448 g/mol. The fourth-order valence-electron chi connectivity index (χ4n) is 4.42. The average Bonchev–Trinajstić information content (AvgIpc) is 3.54. The van der Waals surface area contributed by atoms with E-state index in [0.29, 0.717) is 12.3 Å². The number of rotatable bonds is 8. The Hall–Kier alpha value is -2.80. The Morgan fingerprint density at radius 2 is 1.62 bits per heavy atom. The number of hydrogen-bond donors (Lipinski definition) is 1. The van der Waals surface area contributed by atoms with Gasteiger partial charge in [0.05, 0.1) is 11.4 Å². The molecule has 6 nitrogen and oxygen atoms in total. The molecule has 1 N–H and O–H groups in total. The van der Waals surface area contributed by atoms with Crippen LogP contribution in [0.5, 0.6) is 0 Å². The van der Waals surface area contributed by atoms with Crippen molar-refractivity contribution in [2.75, 3.05) is 30.3 Å². The quantitative estimate of drug-likeness (QED) is 0.525.